The predicted octanol–water partition coefficient (Wildman–Crippen LogP) is 0.902. The van der Waals surface area contributed by atoms with Crippen LogP contribution in [0.5, 0.6) is 0 Å². The summed E-state index contributed by atoms with van der Waals surface area (Å²) in [5, 5.41) is 9.01. The molecular weight excluding hydrogens is 216 g/mol. The highest BCUT2D eigenvalue weighted by atomic mass is 16.3. The minimum absolute atomic E-state index is 0.0137. The molecule has 1 rings (SSSR count). The fraction of sp³-hybridized carbons (Fsp3) is 0.769. The van der Waals surface area contributed by atoms with Crippen molar-refractivity contribution >= 4 is 5.91 Å². The Labute approximate surface area is 103 Å². The molecule has 0 heterocycles. The van der Waals surface area contributed by atoms with Gasteiger partial charge in [-0.2, -0.15) is 0 Å². The standard InChI is InChI=1S/C13H24N2O2/c1-2-8-15(9-10-16)12(17)13(11-14)6-4-3-5-7-13/h2,16H,1,3-11,14H2. The quantitative estimate of drug-likeness (QED) is 0.678. The summed E-state index contributed by atoms with van der Waals surface area (Å²) in [5.41, 5.74) is 5.44. The van der Waals surface area contributed by atoms with Crippen LogP contribution in [0.25, 0.3) is 0 Å². The van der Waals surface area contributed by atoms with Gasteiger partial charge in [-0.05, 0) is 12.8 Å². The molecule has 1 amide bonds. The molecule has 0 spiro atoms. The van der Waals surface area contributed by atoms with Crippen LogP contribution in [0.4, 0.5) is 0 Å². The van der Waals surface area contributed by atoms with Crippen molar-refractivity contribution in [3.05, 3.63) is 12.7 Å². The summed E-state index contributed by atoms with van der Waals surface area (Å²) in [4.78, 5) is 14.2. The molecule has 0 unspecified atom stereocenters. The Bertz CT molecular complexity index is 260. The molecule has 0 aromatic heterocycles. The minimum atomic E-state index is -0.392. The van der Waals surface area contributed by atoms with Gasteiger partial charge in [-0.25, -0.2) is 0 Å². The number of rotatable bonds is 6. The SMILES string of the molecule is C=CCN(CCO)C(=O)C1(CN)CCCCC1. The van der Waals surface area contributed by atoms with E-state index in [1.807, 2.05) is 0 Å². The van der Waals surface area contributed by atoms with Gasteiger partial charge in [-0.3, -0.25) is 4.79 Å². The van der Waals surface area contributed by atoms with E-state index in [4.69, 9.17) is 10.8 Å². The van der Waals surface area contributed by atoms with E-state index in [0.717, 1.165) is 25.7 Å². The lowest BCUT2D eigenvalue weighted by Crippen LogP contribution is -2.50. The average Bonchev–Trinajstić information content (AvgIpc) is 2.38. The second-order valence-corrected chi connectivity index (χ2v) is 4.81. The van der Waals surface area contributed by atoms with Gasteiger partial charge in [0.15, 0.2) is 0 Å². The summed E-state index contributed by atoms with van der Waals surface area (Å²) in [6.45, 7) is 4.90. The van der Waals surface area contributed by atoms with Crippen LogP contribution in [0.15, 0.2) is 12.7 Å². The highest BCUT2D eigenvalue weighted by Crippen LogP contribution is 2.37. The third kappa shape index (κ3) is 3.30. The zero-order valence-electron chi connectivity index (χ0n) is 10.5. The third-order valence-corrected chi connectivity index (χ3v) is 3.66. The summed E-state index contributed by atoms with van der Waals surface area (Å²) < 4.78 is 0. The fourth-order valence-corrected chi connectivity index (χ4v) is 2.62. The van der Waals surface area contributed by atoms with E-state index in [0.29, 0.717) is 19.6 Å². The van der Waals surface area contributed by atoms with Crippen LogP contribution < -0.4 is 5.73 Å². The van der Waals surface area contributed by atoms with Gasteiger partial charge in [0.25, 0.3) is 0 Å². The van der Waals surface area contributed by atoms with Gasteiger partial charge >= 0.3 is 0 Å². The van der Waals surface area contributed by atoms with Gasteiger partial charge in [0.05, 0.1) is 12.0 Å². The Kier molecular flexibility index (Phi) is 5.65. The molecule has 0 bridgehead atoms. The molecule has 1 aliphatic carbocycles. The van der Waals surface area contributed by atoms with Gasteiger partial charge in [0, 0.05) is 19.6 Å². The number of nitrogens with zero attached hydrogens (tertiary/aromatic N) is 1. The normalized spacial score (nSPS) is 18.7. The van der Waals surface area contributed by atoms with Crippen LogP contribution in [-0.2, 0) is 4.79 Å². The van der Waals surface area contributed by atoms with Crippen LogP contribution in [-0.4, -0.2) is 42.2 Å². The Morgan fingerprint density at radius 1 is 1.41 bits per heavy atom. The average molecular weight is 240 g/mol. The molecule has 4 heteroatoms. The zero-order chi connectivity index (χ0) is 12.7. The molecule has 0 aromatic rings. The third-order valence-electron chi connectivity index (χ3n) is 3.66. The molecule has 98 valence electrons. The molecule has 0 atom stereocenters. The molecule has 1 aliphatic rings. The van der Waals surface area contributed by atoms with Crippen molar-refractivity contribution < 1.29 is 9.90 Å². The molecule has 3 N–H and O–H groups in total. The van der Waals surface area contributed by atoms with E-state index >= 15 is 0 Å². The molecule has 17 heavy (non-hydrogen) atoms. The van der Waals surface area contributed by atoms with Gasteiger partial charge in [0.2, 0.25) is 5.91 Å². The largest absolute Gasteiger partial charge is 0.395 e. The van der Waals surface area contributed by atoms with E-state index in [1.54, 1.807) is 11.0 Å². The number of hydrogen-bond donors (Lipinski definition) is 2. The lowest BCUT2D eigenvalue weighted by Gasteiger charge is -2.38. The maximum atomic E-state index is 12.5. The highest BCUT2D eigenvalue weighted by molar-refractivity contribution is 5.83. The van der Waals surface area contributed by atoms with Crippen LogP contribution in [0.2, 0.25) is 0 Å². The number of aliphatic hydroxyl groups excluding tert-OH is 1. The molecule has 1 saturated carbocycles. The van der Waals surface area contributed by atoms with E-state index < -0.39 is 5.41 Å². The van der Waals surface area contributed by atoms with Gasteiger partial charge in [0.1, 0.15) is 0 Å². The summed E-state index contributed by atoms with van der Waals surface area (Å²) in [7, 11) is 0. The monoisotopic (exact) mass is 240 g/mol. The number of nitrogens with two attached hydrogens (primary N) is 1. The van der Waals surface area contributed by atoms with Crippen LogP contribution in [0, 0.1) is 5.41 Å². The topological polar surface area (TPSA) is 66.6 Å². The lowest BCUT2D eigenvalue weighted by atomic mass is 9.73. The first-order valence-corrected chi connectivity index (χ1v) is 6.41. The Hall–Kier alpha value is -0.870. The van der Waals surface area contributed by atoms with Crippen molar-refractivity contribution in [1.82, 2.24) is 4.90 Å². The molecule has 0 saturated heterocycles. The first-order valence-electron chi connectivity index (χ1n) is 6.41. The molecule has 0 radical (unpaired) electrons. The van der Waals surface area contributed by atoms with Gasteiger partial charge in [-0.1, -0.05) is 25.3 Å². The summed E-state index contributed by atoms with van der Waals surface area (Å²) in [6, 6.07) is 0. The van der Waals surface area contributed by atoms with Crippen LogP contribution in [0.3, 0.4) is 0 Å². The first-order chi connectivity index (χ1) is 8.20. The van der Waals surface area contributed by atoms with Crippen molar-refractivity contribution in [2.24, 2.45) is 11.1 Å². The zero-order valence-corrected chi connectivity index (χ0v) is 10.5. The van der Waals surface area contributed by atoms with Crippen molar-refractivity contribution in [2.45, 2.75) is 32.1 Å². The molecule has 0 aromatic carbocycles. The summed E-state index contributed by atoms with van der Waals surface area (Å²) in [5.74, 6) is 0.0913. The molecule has 4 nitrogen and oxygen atoms in total. The van der Waals surface area contributed by atoms with E-state index in [1.165, 1.54) is 6.42 Å². The van der Waals surface area contributed by atoms with Crippen LogP contribution >= 0.6 is 0 Å². The second kappa shape index (κ2) is 6.77. The number of hydrogen-bond acceptors (Lipinski definition) is 3. The van der Waals surface area contributed by atoms with Crippen molar-refractivity contribution in [1.29, 1.82) is 0 Å². The Balaban J connectivity index is 2.77. The molecule has 0 aliphatic heterocycles. The summed E-state index contributed by atoms with van der Waals surface area (Å²) >= 11 is 0. The second-order valence-electron chi connectivity index (χ2n) is 4.81. The van der Waals surface area contributed by atoms with E-state index in [-0.39, 0.29) is 12.5 Å². The molecule has 1 fully saturated rings. The highest BCUT2D eigenvalue weighted by Gasteiger charge is 2.40. The number of carbonyl (C=O) groups is 1. The van der Waals surface area contributed by atoms with E-state index in [2.05, 4.69) is 6.58 Å². The number of carbonyl (C=O) groups excluding carboxylic acids is 1. The number of aliphatic hydroxyl groups is 1. The lowest BCUT2D eigenvalue weighted by molar-refractivity contribution is -0.143. The maximum Gasteiger partial charge on any atom is 0.230 e. The Morgan fingerprint density at radius 3 is 2.53 bits per heavy atom. The first kappa shape index (κ1) is 14.2. The maximum absolute atomic E-state index is 12.5. The van der Waals surface area contributed by atoms with Crippen LogP contribution in [0.1, 0.15) is 32.1 Å². The predicted molar refractivity (Wildman–Crippen MR) is 68.4 cm³/mol. The van der Waals surface area contributed by atoms with E-state index in [9.17, 15) is 4.79 Å². The fourth-order valence-electron chi connectivity index (χ4n) is 2.62. The molecular formula is C13H24N2O2. The summed E-state index contributed by atoms with van der Waals surface area (Å²) in [6.07, 6.45) is 6.79. The van der Waals surface area contributed by atoms with Crippen molar-refractivity contribution in [3.63, 3.8) is 0 Å². The van der Waals surface area contributed by atoms with Crippen molar-refractivity contribution in [3.8, 4) is 0 Å². The van der Waals surface area contributed by atoms with Crippen molar-refractivity contribution in [2.75, 3.05) is 26.2 Å². The smallest absolute Gasteiger partial charge is 0.230 e. The Morgan fingerprint density at radius 2 is 2.06 bits per heavy atom. The minimum Gasteiger partial charge on any atom is -0.395 e. The number of amides is 1. The van der Waals surface area contributed by atoms with Gasteiger partial charge in [-0.15, -0.1) is 6.58 Å². The van der Waals surface area contributed by atoms with Gasteiger partial charge < -0.3 is 15.7 Å².